The Morgan fingerprint density at radius 1 is 0.971 bits per heavy atom. The van der Waals surface area contributed by atoms with E-state index in [4.69, 9.17) is 23.7 Å². The molecule has 1 aromatic heterocycles. The lowest BCUT2D eigenvalue weighted by atomic mass is 9.97. The summed E-state index contributed by atoms with van der Waals surface area (Å²) in [6.45, 7) is 4.13. The molecule has 0 unspecified atom stereocenters. The molecule has 0 saturated carbocycles. The van der Waals surface area contributed by atoms with Gasteiger partial charge in [0.1, 0.15) is 12.7 Å². The number of benzene rings is 1. The van der Waals surface area contributed by atoms with E-state index in [0.717, 1.165) is 20.8 Å². The van der Waals surface area contributed by atoms with Crippen molar-refractivity contribution < 1.29 is 47.8 Å². The number of carbonyl (C=O) groups excluding carboxylic acids is 4. The summed E-state index contributed by atoms with van der Waals surface area (Å²) in [4.78, 5) is 57.6. The largest absolute Gasteiger partial charge is 0.463 e. The molecular formula is C21H23N3O11. The minimum absolute atomic E-state index is 0.190. The first kappa shape index (κ1) is 25.6. The van der Waals surface area contributed by atoms with Crippen LogP contribution in [0.5, 0.6) is 0 Å². The molecule has 1 aliphatic rings. The number of fused-ring (bicyclic) bond motifs is 1. The standard InChI is InChI=1S/C21H23N3O11/c1-10(25)31-9-17-18(32-11(2)26)19(33-12(3)27)20(34-13(4)28)21(35-17)23-8-14-5-6-15(24(29)30)7-16(14)22-23/h5-8,17-21H,9H2,1-4H3/t17-,18-,19+,20-,21+/m1/s1. The number of ether oxygens (including phenoxy) is 5. The van der Waals surface area contributed by atoms with Crippen LogP contribution in [-0.4, -0.2) is 69.6 Å². The van der Waals surface area contributed by atoms with Gasteiger partial charge in [-0.05, 0) is 6.07 Å². The molecule has 2 aromatic rings. The van der Waals surface area contributed by atoms with E-state index >= 15 is 0 Å². The zero-order valence-electron chi connectivity index (χ0n) is 19.2. The quantitative estimate of drug-likeness (QED) is 0.233. The molecule has 1 aromatic carbocycles. The number of carbonyl (C=O) groups is 4. The van der Waals surface area contributed by atoms with Crippen molar-refractivity contribution in [1.82, 2.24) is 9.78 Å². The summed E-state index contributed by atoms with van der Waals surface area (Å²) >= 11 is 0. The smallest absolute Gasteiger partial charge is 0.303 e. The van der Waals surface area contributed by atoms with E-state index < -0.39 is 59.4 Å². The zero-order valence-corrected chi connectivity index (χ0v) is 19.2. The highest BCUT2D eigenvalue weighted by Crippen LogP contribution is 2.35. The first-order chi connectivity index (χ1) is 16.5. The Labute approximate surface area is 198 Å². The van der Waals surface area contributed by atoms with Crippen molar-refractivity contribution >= 4 is 40.5 Å². The summed E-state index contributed by atoms with van der Waals surface area (Å²) in [5.41, 5.74) is 0.0522. The fourth-order valence-electron chi connectivity index (χ4n) is 3.69. The van der Waals surface area contributed by atoms with Gasteiger partial charge in [0.2, 0.25) is 0 Å². The number of esters is 4. The molecule has 35 heavy (non-hydrogen) atoms. The fourth-order valence-corrected chi connectivity index (χ4v) is 3.69. The molecule has 188 valence electrons. The van der Waals surface area contributed by atoms with Crippen LogP contribution in [-0.2, 0) is 42.9 Å². The van der Waals surface area contributed by atoms with Gasteiger partial charge in [0.15, 0.2) is 24.5 Å². The zero-order chi connectivity index (χ0) is 25.9. The molecule has 0 N–H and O–H groups in total. The predicted molar refractivity (Wildman–Crippen MR) is 114 cm³/mol. The molecule has 5 atom stereocenters. The molecule has 0 radical (unpaired) electrons. The normalized spacial score (nSPS) is 23.8. The lowest BCUT2D eigenvalue weighted by Crippen LogP contribution is -2.60. The van der Waals surface area contributed by atoms with E-state index in [0.29, 0.717) is 5.39 Å². The van der Waals surface area contributed by atoms with Gasteiger partial charge in [0.25, 0.3) is 5.69 Å². The average molecular weight is 493 g/mol. The highest BCUT2D eigenvalue weighted by Gasteiger charge is 2.53. The maximum atomic E-state index is 11.9. The van der Waals surface area contributed by atoms with E-state index in [9.17, 15) is 29.3 Å². The van der Waals surface area contributed by atoms with Gasteiger partial charge in [0.05, 0.1) is 10.4 Å². The van der Waals surface area contributed by atoms with Gasteiger partial charge in [-0.25, -0.2) is 4.68 Å². The van der Waals surface area contributed by atoms with E-state index in [2.05, 4.69) is 5.10 Å². The van der Waals surface area contributed by atoms with Crippen molar-refractivity contribution in [3.63, 3.8) is 0 Å². The monoisotopic (exact) mass is 493 g/mol. The third-order valence-corrected chi connectivity index (χ3v) is 4.95. The van der Waals surface area contributed by atoms with Crippen LogP contribution in [0.15, 0.2) is 24.4 Å². The molecule has 1 saturated heterocycles. The van der Waals surface area contributed by atoms with Crippen molar-refractivity contribution in [2.24, 2.45) is 0 Å². The Balaban J connectivity index is 2.10. The van der Waals surface area contributed by atoms with E-state index in [1.807, 2.05) is 0 Å². The Bertz CT molecular complexity index is 1160. The van der Waals surface area contributed by atoms with Crippen LogP contribution in [0.4, 0.5) is 5.69 Å². The van der Waals surface area contributed by atoms with Crippen LogP contribution in [0.1, 0.15) is 33.9 Å². The predicted octanol–water partition coefficient (Wildman–Crippen LogP) is 1.20. The minimum atomic E-state index is -1.36. The van der Waals surface area contributed by atoms with Crippen LogP contribution < -0.4 is 0 Å². The van der Waals surface area contributed by atoms with Gasteiger partial charge in [-0.15, -0.1) is 0 Å². The molecule has 0 spiro atoms. The molecule has 0 amide bonds. The average Bonchev–Trinajstić information content (AvgIpc) is 3.17. The molecule has 1 aliphatic heterocycles. The number of nitro groups is 1. The first-order valence-electron chi connectivity index (χ1n) is 10.4. The second-order valence-electron chi connectivity index (χ2n) is 7.70. The number of hydrogen-bond donors (Lipinski definition) is 0. The fraction of sp³-hybridized carbons (Fsp3) is 0.476. The van der Waals surface area contributed by atoms with Crippen molar-refractivity contribution in [2.75, 3.05) is 6.61 Å². The highest BCUT2D eigenvalue weighted by molar-refractivity contribution is 5.80. The lowest BCUT2D eigenvalue weighted by molar-refractivity contribution is -0.384. The van der Waals surface area contributed by atoms with Gasteiger partial charge < -0.3 is 23.7 Å². The molecule has 2 heterocycles. The topological polar surface area (TPSA) is 175 Å². The van der Waals surface area contributed by atoms with Crippen LogP contribution in [0.3, 0.4) is 0 Å². The van der Waals surface area contributed by atoms with Crippen LogP contribution in [0.25, 0.3) is 10.9 Å². The van der Waals surface area contributed by atoms with E-state index in [-0.39, 0.29) is 17.8 Å². The Morgan fingerprint density at radius 2 is 1.57 bits per heavy atom. The number of nitro benzene ring substituents is 1. The maximum absolute atomic E-state index is 11.9. The number of aromatic nitrogens is 2. The van der Waals surface area contributed by atoms with Gasteiger partial charge in [-0.3, -0.25) is 29.3 Å². The summed E-state index contributed by atoms with van der Waals surface area (Å²) in [7, 11) is 0. The maximum Gasteiger partial charge on any atom is 0.303 e. The molecular weight excluding hydrogens is 470 g/mol. The number of non-ortho nitro benzene ring substituents is 1. The van der Waals surface area contributed by atoms with Crippen molar-refractivity contribution in [2.45, 2.75) is 58.3 Å². The van der Waals surface area contributed by atoms with Gasteiger partial charge in [0, 0.05) is 51.4 Å². The molecule has 1 fully saturated rings. The number of rotatable bonds is 7. The third kappa shape index (κ3) is 6.09. The number of hydrogen-bond acceptors (Lipinski definition) is 12. The summed E-state index contributed by atoms with van der Waals surface area (Å²) in [6, 6.07) is 4.01. The highest BCUT2D eigenvalue weighted by atomic mass is 16.7. The minimum Gasteiger partial charge on any atom is -0.463 e. The molecule has 3 rings (SSSR count). The van der Waals surface area contributed by atoms with Crippen LogP contribution >= 0.6 is 0 Å². The Kier molecular flexibility index (Phi) is 7.64. The van der Waals surface area contributed by atoms with E-state index in [1.165, 1.54) is 36.0 Å². The molecule has 14 nitrogen and oxygen atoms in total. The van der Waals surface area contributed by atoms with Crippen LogP contribution in [0.2, 0.25) is 0 Å². The van der Waals surface area contributed by atoms with E-state index in [1.54, 1.807) is 0 Å². The lowest BCUT2D eigenvalue weighted by Gasteiger charge is -2.44. The third-order valence-electron chi connectivity index (χ3n) is 4.95. The summed E-state index contributed by atoms with van der Waals surface area (Å²) in [5.74, 6) is -2.92. The molecule has 14 heteroatoms. The van der Waals surface area contributed by atoms with Crippen LogP contribution in [0, 0.1) is 10.1 Å². The van der Waals surface area contributed by atoms with Gasteiger partial charge in [-0.1, -0.05) is 0 Å². The van der Waals surface area contributed by atoms with Gasteiger partial charge >= 0.3 is 23.9 Å². The summed E-state index contributed by atoms with van der Waals surface area (Å²) in [6.07, 6.45) is -4.92. The van der Waals surface area contributed by atoms with Gasteiger partial charge in [-0.2, -0.15) is 5.10 Å². The van der Waals surface area contributed by atoms with Crippen molar-refractivity contribution in [1.29, 1.82) is 0 Å². The number of nitrogens with zero attached hydrogens (tertiary/aromatic N) is 3. The first-order valence-corrected chi connectivity index (χ1v) is 10.4. The Hall–Kier alpha value is -4.07. The second-order valence-corrected chi connectivity index (χ2v) is 7.70. The Morgan fingerprint density at radius 3 is 2.14 bits per heavy atom. The molecule has 0 aliphatic carbocycles. The SMILES string of the molecule is CC(=O)OC[C@H]1O[C@H](n2cc3ccc([N+](=O)[O-])cc3n2)[C@H](OC(C)=O)[C@@H](OC(C)=O)[C@@H]1OC(C)=O. The summed E-state index contributed by atoms with van der Waals surface area (Å²) in [5, 5.41) is 15.9. The van der Waals surface area contributed by atoms with Crippen molar-refractivity contribution in [3.05, 3.63) is 34.5 Å². The summed E-state index contributed by atoms with van der Waals surface area (Å²) < 4.78 is 28.4. The second kappa shape index (κ2) is 10.5. The van der Waals surface area contributed by atoms with Crippen molar-refractivity contribution in [3.8, 4) is 0 Å². The molecule has 0 bridgehead atoms.